The maximum atomic E-state index is 13.8. The number of carbonyl (C=O) groups excluding carboxylic acids is 1. The van der Waals surface area contributed by atoms with Crippen molar-refractivity contribution in [1.29, 1.82) is 0 Å². The van der Waals surface area contributed by atoms with Crippen molar-refractivity contribution in [3.63, 3.8) is 0 Å². The zero-order valence-corrected chi connectivity index (χ0v) is 16.0. The van der Waals surface area contributed by atoms with Crippen LogP contribution < -0.4 is 4.90 Å². The van der Waals surface area contributed by atoms with Gasteiger partial charge in [0.2, 0.25) is 0 Å². The number of halogens is 1. The maximum absolute atomic E-state index is 13.8. The highest BCUT2D eigenvalue weighted by Gasteiger charge is 2.32. The summed E-state index contributed by atoms with van der Waals surface area (Å²) < 4.78 is 15.4. The van der Waals surface area contributed by atoms with Gasteiger partial charge in [-0.3, -0.25) is 9.78 Å². The molecule has 0 bridgehead atoms. The van der Waals surface area contributed by atoms with Gasteiger partial charge in [0.05, 0.1) is 24.5 Å². The molecule has 1 N–H and O–H groups in total. The summed E-state index contributed by atoms with van der Waals surface area (Å²) in [5, 5.41) is 13.7. The molecule has 5 heterocycles. The summed E-state index contributed by atoms with van der Waals surface area (Å²) in [6, 6.07) is 3.40. The molecular formula is C20H21FN6O2. The Hall–Kier alpha value is -3.07. The first-order valence-corrected chi connectivity index (χ1v) is 9.71. The van der Waals surface area contributed by atoms with E-state index in [1.54, 1.807) is 21.7 Å². The quantitative estimate of drug-likeness (QED) is 0.726. The molecule has 1 atom stereocenters. The van der Waals surface area contributed by atoms with E-state index in [9.17, 15) is 14.3 Å². The summed E-state index contributed by atoms with van der Waals surface area (Å²) in [5.74, 6) is 0.196. The molecule has 1 amide bonds. The highest BCUT2D eigenvalue weighted by atomic mass is 19.1. The molecule has 3 aromatic heterocycles. The van der Waals surface area contributed by atoms with Gasteiger partial charge >= 0.3 is 0 Å². The fraction of sp³-hybridized carbons (Fsp3) is 0.400. The van der Waals surface area contributed by atoms with Crippen LogP contribution in [-0.4, -0.2) is 61.2 Å². The van der Waals surface area contributed by atoms with Crippen molar-refractivity contribution in [2.45, 2.75) is 31.9 Å². The SMILES string of the molecule is Cc1ncc(F)cc1[C@H]1CCCN1c1ccn2ncc(C(=O)N3CC(O)C3)c2n1. The topological polar surface area (TPSA) is 86.9 Å². The third-order valence-electron chi connectivity index (χ3n) is 5.73. The van der Waals surface area contributed by atoms with E-state index in [0.29, 0.717) is 24.3 Å². The van der Waals surface area contributed by atoms with Gasteiger partial charge in [0.1, 0.15) is 17.2 Å². The summed E-state index contributed by atoms with van der Waals surface area (Å²) >= 11 is 0. The number of aliphatic hydroxyl groups excluding tert-OH is 1. The average Bonchev–Trinajstić information content (AvgIpc) is 3.33. The number of nitrogens with zero attached hydrogens (tertiary/aromatic N) is 6. The molecule has 29 heavy (non-hydrogen) atoms. The summed E-state index contributed by atoms with van der Waals surface area (Å²) in [5.41, 5.74) is 2.57. The molecule has 0 aliphatic carbocycles. The molecule has 2 aliphatic heterocycles. The van der Waals surface area contributed by atoms with Crippen LogP contribution in [0.4, 0.5) is 10.2 Å². The summed E-state index contributed by atoms with van der Waals surface area (Å²) in [6.45, 7) is 3.34. The summed E-state index contributed by atoms with van der Waals surface area (Å²) in [7, 11) is 0. The molecule has 150 valence electrons. The average molecular weight is 396 g/mol. The molecule has 2 saturated heterocycles. The zero-order chi connectivity index (χ0) is 20.1. The highest BCUT2D eigenvalue weighted by Crippen LogP contribution is 2.36. The van der Waals surface area contributed by atoms with Crippen LogP contribution in [0.15, 0.2) is 30.7 Å². The Morgan fingerprint density at radius 1 is 1.31 bits per heavy atom. The number of carbonyl (C=O) groups is 1. The third kappa shape index (κ3) is 3.02. The lowest BCUT2D eigenvalue weighted by molar-refractivity contribution is 0.00601. The minimum absolute atomic E-state index is 0.0132. The molecule has 0 saturated carbocycles. The molecule has 0 aromatic carbocycles. The van der Waals surface area contributed by atoms with Crippen LogP contribution >= 0.6 is 0 Å². The number of rotatable bonds is 3. The van der Waals surface area contributed by atoms with Gasteiger partial charge in [-0.25, -0.2) is 13.9 Å². The molecule has 8 nitrogen and oxygen atoms in total. The number of hydrogen-bond acceptors (Lipinski definition) is 6. The number of aryl methyl sites for hydroxylation is 1. The smallest absolute Gasteiger partial charge is 0.259 e. The second-order valence-electron chi connectivity index (χ2n) is 7.66. The first-order chi connectivity index (χ1) is 14.0. The van der Waals surface area contributed by atoms with E-state index in [1.807, 2.05) is 13.0 Å². The number of likely N-dealkylation sites (tertiary alicyclic amines) is 1. The number of amides is 1. The van der Waals surface area contributed by atoms with Crippen molar-refractivity contribution < 1.29 is 14.3 Å². The Balaban J connectivity index is 1.50. The minimum Gasteiger partial charge on any atom is -0.389 e. The standard InChI is InChI=1S/C20H21FN6O2/c1-12-15(7-13(21)8-22-12)17-3-2-5-26(17)18-4-6-27-19(24-18)16(9-23-27)20(29)25-10-14(28)11-25/h4,6-9,14,17,28H,2-3,5,10-11H2,1H3/t17-/m1/s1. The highest BCUT2D eigenvalue weighted by molar-refractivity contribution is 6.00. The van der Waals surface area contributed by atoms with Crippen molar-refractivity contribution >= 4 is 17.4 Å². The lowest BCUT2D eigenvalue weighted by Gasteiger charge is -2.35. The number of anilines is 1. The van der Waals surface area contributed by atoms with E-state index in [1.165, 1.54) is 12.4 Å². The lowest BCUT2D eigenvalue weighted by atomic mass is 10.0. The minimum atomic E-state index is -0.460. The van der Waals surface area contributed by atoms with Crippen molar-refractivity contribution in [1.82, 2.24) is 24.5 Å². The number of aromatic nitrogens is 4. The number of β-amino-alcohol motifs (C(OH)–C–C–N with tert-alkyl or cyclic N) is 1. The lowest BCUT2D eigenvalue weighted by Crippen LogP contribution is -2.53. The van der Waals surface area contributed by atoms with Gasteiger partial charge in [-0.15, -0.1) is 0 Å². The van der Waals surface area contributed by atoms with Gasteiger partial charge in [-0.1, -0.05) is 0 Å². The predicted molar refractivity (Wildman–Crippen MR) is 103 cm³/mol. The van der Waals surface area contributed by atoms with Crippen LogP contribution in [0, 0.1) is 12.7 Å². The fourth-order valence-corrected chi connectivity index (χ4v) is 4.19. The molecule has 5 rings (SSSR count). The zero-order valence-electron chi connectivity index (χ0n) is 16.0. The van der Waals surface area contributed by atoms with Crippen LogP contribution in [0.1, 0.15) is 40.5 Å². The van der Waals surface area contributed by atoms with Gasteiger partial charge in [0.25, 0.3) is 5.91 Å². The molecule has 0 unspecified atom stereocenters. The molecule has 2 aliphatic rings. The van der Waals surface area contributed by atoms with E-state index < -0.39 is 6.10 Å². The molecular weight excluding hydrogens is 375 g/mol. The van der Waals surface area contributed by atoms with E-state index >= 15 is 0 Å². The Morgan fingerprint density at radius 2 is 2.14 bits per heavy atom. The Morgan fingerprint density at radius 3 is 2.93 bits per heavy atom. The van der Waals surface area contributed by atoms with E-state index in [0.717, 1.165) is 36.5 Å². The first kappa shape index (κ1) is 18.0. The Kier molecular flexibility index (Phi) is 4.20. The number of aliphatic hydroxyl groups is 1. The van der Waals surface area contributed by atoms with Crippen molar-refractivity contribution in [2.24, 2.45) is 0 Å². The van der Waals surface area contributed by atoms with Gasteiger partial charge in [0.15, 0.2) is 5.65 Å². The maximum Gasteiger partial charge on any atom is 0.259 e. The molecule has 0 spiro atoms. The summed E-state index contributed by atoms with van der Waals surface area (Å²) in [4.78, 5) is 25.3. The molecule has 9 heteroatoms. The second kappa shape index (κ2) is 6.77. The normalized spacial score (nSPS) is 19.8. The Bertz CT molecular complexity index is 1090. The third-order valence-corrected chi connectivity index (χ3v) is 5.73. The number of pyridine rings is 1. The van der Waals surface area contributed by atoms with Gasteiger partial charge in [-0.2, -0.15) is 5.10 Å². The van der Waals surface area contributed by atoms with E-state index in [4.69, 9.17) is 4.98 Å². The van der Waals surface area contributed by atoms with Crippen LogP contribution in [0.5, 0.6) is 0 Å². The Labute approximate surface area is 166 Å². The van der Waals surface area contributed by atoms with E-state index in [-0.39, 0.29) is 17.8 Å². The summed E-state index contributed by atoms with van der Waals surface area (Å²) in [6.07, 6.45) is 5.92. The van der Waals surface area contributed by atoms with Crippen LogP contribution in [0.2, 0.25) is 0 Å². The van der Waals surface area contributed by atoms with Crippen LogP contribution in [0.3, 0.4) is 0 Å². The van der Waals surface area contributed by atoms with Crippen molar-refractivity contribution in [3.05, 3.63) is 53.4 Å². The second-order valence-corrected chi connectivity index (χ2v) is 7.66. The van der Waals surface area contributed by atoms with E-state index in [2.05, 4.69) is 15.0 Å². The van der Waals surface area contributed by atoms with Crippen molar-refractivity contribution in [3.8, 4) is 0 Å². The molecule has 0 radical (unpaired) electrons. The number of fused-ring (bicyclic) bond motifs is 1. The van der Waals surface area contributed by atoms with Gasteiger partial charge < -0.3 is 14.9 Å². The van der Waals surface area contributed by atoms with Crippen LogP contribution in [0.25, 0.3) is 5.65 Å². The van der Waals surface area contributed by atoms with Crippen LogP contribution in [-0.2, 0) is 0 Å². The van der Waals surface area contributed by atoms with Gasteiger partial charge in [0, 0.05) is 31.5 Å². The number of hydrogen-bond donors (Lipinski definition) is 1. The largest absolute Gasteiger partial charge is 0.389 e. The van der Waals surface area contributed by atoms with Crippen molar-refractivity contribution in [2.75, 3.05) is 24.5 Å². The monoisotopic (exact) mass is 396 g/mol. The fourth-order valence-electron chi connectivity index (χ4n) is 4.19. The first-order valence-electron chi connectivity index (χ1n) is 9.71. The predicted octanol–water partition coefficient (Wildman–Crippen LogP) is 1.73. The molecule has 3 aromatic rings. The molecule has 2 fully saturated rings. The van der Waals surface area contributed by atoms with Gasteiger partial charge in [-0.05, 0) is 37.5 Å².